The molecule has 0 aliphatic carbocycles. The van der Waals surface area contributed by atoms with Crippen molar-refractivity contribution < 1.29 is 18.0 Å². The van der Waals surface area contributed by atoms with E-state index < -0.39 is 11.7 Å². The van der Waals surface area contributed by atoms with Crippen LogP contribution in [-0.4, -0.2) is 53.5 Å². The molecule has 27 heavy (non-hydrogen) atoms. The Hall–Kier alpha value is -2.55. The average Bonchev–Trinajstić information content (AvgIpc) is 2.67. The first-order chi connectivity index (χ1) is 12.8. The Morgan fingerprint density at radius 2 is 1.81 bits per heavy atom. The van der Waals surface area contributed by atoms with E-state index in [1.807, 2.05) is 4.90 Å². The molecule has 1 N–H and O–H groups in total. The van der Waals surface area contributed by atoms with Gasteiger partial charge in [-0.25, -0.2) is 9.97 Å². The van der Waals surface area contributed by atoms with Gasteiger partial charge in [0, 0.05) is 44.3 Å². The summed E-state index contributed by atoms with van der Waals surface area (Å²) in [5, 5.41) is 2.36. The molecule has 0 spiro atoms. The summed E-state index contributed by atoms with van der Waals surface area (Å²) in [6, 6.07) is 5.21. The lowest BCUT2D eigenvalue weighted by molar-refractivity contribution is -0.137. The first kappa shape index (κ1) is 19.2. The molecule has 1 saturated heterocycles. The van der Waals surface area contributed by atoms with Gasteiger partial charge in [-0.05, 0) is 24.3 Å². The lowest BCUT2D eigenvalue weighted by atomic mass is 10.2. The molecule has 2 aromatic rings. The van der Waals surface area contributed by atoms with Crippen molar-refractivity contribution in [2.45, 2.75) is 6.18 Å². The molecule has 2 heterocycles. The molecule has 144 valence electrons. The van der Waals surface area contributed by atoms with E-state index in [1.165, 1.54) is 6.07 Å². The summed E-state index contributed by atoms with van der Waals surface area (Å²) in [7, 11) is 0. The van der Waals surface area contributed by atoms with E-state index in [1.54, 1.807) is 23.4 Å². The number of anilines is 2. The van der Waals surface area contributed by atoms with Gasteiger partial charge in [-0.2, -0.15) is 13.2 Å². The number of halogens is 4. The summed E-state index contributed by atoms with van der Waals surface area (Å²) in [5.41, 5.74) is -0.741. The number of aromatic nitrogens is 2. The number of amides is 1. The Morgan fingerprint density at radius 3 is 2.44 bits per heavy atom. The summed E-state index contributed by atoms with van der Waals surface area (Å²) in [6.07, 6.45) is -1.23. The predicted molar refractivity (Wildman–Crippen MR) is 95.8 cm³/mol. The van der Waals surface area contributed by atoms with Crippen LogP contribution < -0.4 is 10.2 Å². The fraction of sp³-hybridized carbons (Fsp3) is 0.353. The fourth-order valence-electron chi connectivity index (χ4n) is 2.75. The zero-order valence-corrected chi connectivity index (χ0v) is 15.0. The Morgan fingerprint density at radius 1 is 1.15 bits per heavy atom. The number of carbonyl (C=O) groups is 1. The van der Waals surface area contributed by atoms with Crippen LogP contribution in [0, 0.1) is 0 Å². The highest BCUT2D eigenvalue weighted by molar-refractivity contribution is 6.31. The van der Waals surface area contributed by atoms with E-state index in [2.05, 4.69) is 15.3 Å². The van der Waals surface area contributed by atoms with E-state index in [0.29, 0.717) is 32.1 Å². The quantitative estimate of drug-likeness (QED) is 0.856. The van der Waals surface area contributed by atoms with Gasteiger partial charge in [0.2, 0.25) is 11.9 Å². The average molecular weight is 400 g/mol. The smallest absolute Gasteiger partial charge is 0.376 e. The summed E-state index contributed by atoms with van der Waals surface area (Å²) in [4.78, 5) is 24.3. The minimum absolute atomic E-state index is 0.0965. The molecule has 1 aromatic carbocycles. The fourth-order valence-corrected chi connectivity index (χ4v) is 2.98. The normalized spacial score (nSPS) is 15.0. The maximum Gasteiger partial charge on any atom is 0.417 e. The lowest BCUT2D eigenvalue weighted by Gasteiger charge is -2.34. The van der Waals surface area contributed by atoms with Crippen molar-refractivity contribution in [3.05, 3.63) is 47.2 Å². The van der Waals surface area contributed by atoms with E-state index in [9.17, 15) is 18.0 Å². The summed E-state index contributed by atoms with van der Waals surface area (Å²) < 4.78 is 38.7. The van der Waals surface area contributed by atoms with Crippen LogP contribution in [0.15, 0.2) is 36.7 Å². The van der Waals surface area contributed by atoms with Gasteiger partial charge in [0.15, 0.2) is 0 Å². The molecular weight excluding hydrogens is 383 g/mol. The van der Waals surface area contributed by atoms with E-state index in [0.717, 1.165) is 12.1 Å². The van der Waals surface area contributed by atoms with Crippen LogP contribution >= 0.6 is 11.6 Å². The minimum atomic E-state index is -4.55. The summed E-state index contributed by atoms with van der Waals surface area (Å²) >= 11 is 5.59. The van der Waals surface area contributed by atoms with Crippen molar-refractivity contribution in [3.63, 3.8) is 0 Å². The monoisotopic (exact) mass is 399 g/mol. The standard InChI is InChI=1S/C17H17ClF3N5O/c18-14-3-2-12(10-13(14)17(19,20)21)24-11-15(27)25-6-8-26(9-7-25)16-22-4-1-5-23-16/h1-5,10,24H,6-9,11H2. The second kappa shape index (κ2) is 7.99. The molecule has 1 aromatic heterocycles. The van der Waals surface area contributed by atoms with Crippen molar-refractivity contribution in [2.24, 2.45) is 0 Å². The second-order valence-electron chi connectivity index (χ2n) is 5.96. The largest absolute Gasteiger partial charge is 0.417 e. The Labute approximate surface area is 159 Å². The zero-order valence-electron chi connectivity index (χ0n) is 14.2. The number of hydrogen-bond donors (Lipinski definition) is 1. The van der Waals surface area contributed by atoms with Crippen LogP contribution in [0.3, 0.4) is 0 Å². The van der Waals surface area contributed by atoms with Crippen molar-refractivity contribution >= 4 is 29.1 Å². The Kier molecular flexibility index (Phi) is 5.69. The zero-order chi connectivity index (χ0) is 19.4. The third-order valence-electron chi connectivity index (χ3n) is 4.18. The molecule has 10 heteroatoms. The number of benzene rings is 1. The number of nitrogens with zero attached hydrogens (tertiary/aromatic N) is 4. The number of nitrogens with one attached hydrogen (secondary N) is 1. The first-order valence-electron chi connectivity index (χ1n) is 8.25. The van der Waals surface area contributed by atoms with E-state index in [-0.39, 0.29) is 23.2 Å². The molecule has 0 unspecified atom stereocenters. The Balaban J connectivity index is 1.53. The van der Waals surface area contributed by atoms with Crippen LogP contribution in [0.4, 0.5) is 24.8 Å². The molecule has 0 saturated carbocycles. The van der Waals surface area contributed by atoms with Crippen molar-refractivity contribution in [2.75, 3.05) is 42.9 Å². The minimum Gasteiger partial charge on any atom is -0.376 e. The third-order valence-corrected chi connectivity index (χ3v) is 4.51. The molecule has 0 bridgehead atoms. The van der Waals surface area contributed by atoms with Gasteiger partial charge in [0.1, 0.15) is 0 Å². The second-order valence-corrected chi connectivity index (χ2v) is 6.37. The Bertz CT molecular complexity index is 795. The van der Waals surface area contributed by atoms with Gasteiger partial charge in [-0.1, -0.05) is 11.6 Å². The molecule has 0 radical (unpaired) electrons. The van der Waals surface area contributed by atoms with Gasteiger partial charge in [0.05, 0.1) is 17.1 Å². The molecule has 1 fully saturated rings. The highest BCUT2D eigenvalue weighted by Crippen LogP contribution is 2.36. The maximum atomic E-state index is 12.9. The van der Waals surface area contributed by atoms with Crippen molar-refractivity contribution in [3.8, 4) is 0 Å². The van der Waals surface area contributed by atoms with Crippen LogP contribution in [-0.2, 0) is 11.0 Å². The topological polar surface area (TPSA) is 61.4 Å². The van der Waals surface area contributed by atoms with Gasteiger partial charge >= 0.3 is 6.18 Å². The SMILES string of the molecule is O=C(CNc1ccc(Cl)c(C(F)(F)F)c1)N1CCN(c2ncccn2)CC1. The van der Waals surface area contributed by atoms with Crippen molar-refractivity contribution in [1.29, 1.82) is 0 Å². The van der Waals surface area contributed by atoms with E-state index >= 15 is 0 Å². The molecule has 1 aliphatic rings. The van der Waals surface area contributed by atoms with Crippen LogP contribution in [0.1, 0.15) is 5.56 Å². The summed E-state index contributed by atoms with van der Waals surface area (Å²) in [6.45, 7) is 2.07. The molecule has 0 atom stereocenters. The molecular formula is C17H17ClF3N5O. The molecule has 6 nitrogen and oxygen atoms in total. The number of alkyl halides is 3. The maximum absolute atomic E-state index is 12.9. The van der Waals surface area contributed by atoms with Crippen LogP contribution in [0.5, 0.6) is 0 Å². The van der Waals surface area contributed by atoms with Gasteiger partial charge in [-0.3, -0.25) is 4.79 Å². The van der Waals surface area contributed by atoms with Crippen LogP contribution in [0.2, 0.25) is 5.02 Å². The molecule has 1 amide bonds. The highest BCUT2D eigenvalue weighted by atomic mass is 35.5. The molecule has 3 rings (SSSR count). The number of carbonyl (C=O) groups excluding carboxylic acids is 1. The third kappa shape index (κ3) is 4.79. The molecule has 1 aliphatic heterocycles. The van der Waals surface area contributed by atoms with Gasteiger partial charge in [0.25, 0.3) is 0 Å². The summed E-state index contributed by atoms with van der Waals surface area (Å²) in [5.74, 6) is 0.427. The van der Waals surface area contributed by atoms with Gasteiger partial charge in [-0.15, -0.1) is 0 Å². The predicted octanol–water partition coefficient (Wildman–Crippen LogP) is 2.91. The van der Waals surface area contributed by atoms with Crippen molar-refractivity contribution in [1.82, 2.24) is 14.9 Å². The van der Waals surface area contributed by atoms with Crippen LogP contribution in [0.25, 0.3) is 0 Å². The van der Waals surface area contributed by atoms with Gasteiger partial charge < -0.3 is 15.1 Å². The number of piperazine rings is 1. The lowest BCUT2D eigenvalue weighted by Crippen LogP contribution is -2.50. The number of rotatable bonds is 4. The van der Waals surface area contributed by atoms with E-state index in [4.69, 9.17) is 11.6 Å². The first-order valence-corrected chi connectivity index (χ1v) is 8.63. The highest BCUT2D eigenvalue weighted by Gasteiger charge is 2.33. The number of hydrogen-bond acceptors (Lipinski definition) is 5.